The topological polar surface area (TPSA) is 73.3 Å². The van der Waals surface area contributed by atoms with Crippen LogP contribution in [0.4, 0.5) is 0 Å². The van der Waals surface area contributed by atoms with Gasteiger partial charge in [-0.25, -0.2) is 0 Å². The number of rotatable bonds is 9. The van der Waals surface area contributed by atoms with Crippen LogP contribution < -0.4 is 24.8 Å². The van der Waals surface area contributed by atoms with Gasteiger partial charge in [0.2, 0.25) is 5.75 Å². The lowest BCUT2D eigenvalue weighted by Gasteiger charge is -2.17. The first-order valence-electron chi connectivity index (χ1n) is 10.1. The molecule has 0 saturated heterocycles. The standard InChI is InChI=1S/C21H35N3O4/c1-22-21(23-11-12-28-17-9-7-5-6-8-10-17)24-15-16-13-18(25-2)20(27-4)19(14-16)26-3/h13-14,17H,5-12,15H2,1-4H3,(H2,22,23,24). The van der Waals surface area contributed by atoms with Crippen molar-refractivity contribution in [2.75, 3.05) is 41.5 Å². The van der Waals surface area contributed by atoms with Crippen molar-refractivity contribution in [1.82, 2.24) is 10.6 Å². The van der Waals surface area contributed by atoms with E-state index in [0.29, 0.717) is 36.5 Å². The fraction of sp³-hybridized carbons (Fsp3) is 0.667. The van der Waals surface area contributed by atoms with Crippen LogP contribution in [0.2, 0.25) is 0 Å². The van der Waals surface area contributed by atoms with Gasteiger partial charge in [-0.15, -0.1) is 0 Å². The third-order valence-corrected chi connectivity index (χ3v) is 4.96. The van der Waals surface area contributed by atoms with E-state index in [-0.39, 0.29) is 0 Å². The van der Waals surface area contributed by atoms with Gasteiger partial charge >= 0.3 is 0 Å². The highest BCUT2D eigenvalue weighted by Gasteiger charge is 2.14. The Morgan fingerprint density at radius 2 is 1.61 bits per heavy atom. The van der Waals surface area contributed by atoms with Crippen molar-refractivity contribution in [3.05, 3.63) is 17.7 Å². The molecule has 1 aromatic carbocycles. The largest absolute Gasteiger partial charge is 0.493 e. The summed E-state index contributed by atoms with van der Waals surface area (Å²) in [7, 11) is 6.59. The van der Waals surface area contributed by atoms with E-state index in [1.54, 1.807) is 28.4 Å². The van der Waals surface area contributed by atoms with E-state index in [9.17, 15) is 0 Å². The maximum atomic E-state index is 6.01. The first-order chi connectivity index (χ1) is 13.7. The predicted molar refractivity (Wildman–Crippen MR) is 112 cm³/mol. The lowest BCUT2D eigenvalue weighted by molar-refractivity contribution is 0.0468. The first-order valence-corrected chi connectivity index (χ1v) is 10.1. The zero-order chi connectivity index (χ0) is 20.2. The number of nitrogens with one attached hydrogen (secondary N) is 2. The Hall–Kier alpha value is -2.15. The number of ether oxygens (including phenoxy) is 4. The SMILES string of the molecule is CN=C(NCCOC1CCCCCC1)NCc1cc(OC)c(OC)c(OC)c1. The van der Waals surface area contributed by atoms with E-state index in [1.807, 2.05) is 12.1 Å². The van der Waals surface area contributed by atoms with Gasteiger partial charge < -0.3 is 29.6 Å². The molecule has 1 saturated carbocycles. The van der Waals surface area contributed by atoms with E-state index in [1.165, 1.54) is 38.5 Å². The van der Waals surface area contributed by atoms with Crippen LogP contribution in [-0.4, -0.2) is 53.6 Å². The third-order valence-electron chi connectivity index (χ3n) is 4.96. The van der Waals surface area contributed by atoms with Crippen LogP contribution >= 0.6 is 0 Å². The number of guanidine groups is 1. The molecule has 1 fully saturated rings. The summed E-state index contributed by atoms with van der Waals surface area (Å²) >= 11 is 0. The number of hydrogen-bond acceptors (Lipinski definition) is 5. The minimum Gasteiger partial charge on any atom is -0.493 e. The summed E-state index contributed by atoms with van der Waals surface area (Å²) in [6.45, 7) is 2.00. The van der Waals surface area contributed by atoms with E-state index in [2.05, 4.69) is 15.6 Å². The fourth-order valence-corrected chi connectivity index (χ4v) is 3.45. The first kappa shape index (κ1) is 22.1. The van der Waals surface area contributed by atoms with E-state index in [0.717, 1.165) is 18.1 Å². The minimum atomic E-state index is 0.415. The van der Waals surface area contributed by atoms with E-state index < -0.39 is 0 Å². The lowest BCUT2D eigenvalue weighted by atomic mass is 10.1. The van der Waals surface area contributed by atoms with Gasteiger partial charge in [-0.2, -0.15) is 0 Å². The zero-order valence-corrected chi connectivity index (χ0v) is 17.7. The second-order valence-corrected chi connectivity index (χ2v) is 6.87. The van der Waals surface area contributed by atoms with Crippen LogP contribution in [0.5, 0.6) is 17.2 Å². The van der Waals surface area contributed by atoms with Crippen LogP contribution in [0, 0.1) is 0 Å². The second-order valence-electron chi connectivity index (χ2n) is 6.87. The van der Waals surface area contributed by atoms with Gasteiger partial charge in [-0.3, -0.25) is 4.99 Å². The molecule has 0 amide bonds. The highest BCUT2D eigenvalue weighted by Crippen LogP contribution is 2.38. The Bertz CT molecular complexity index is 589. The Morgan fingerprint density at radius 3 is 2.14 bits per heavy atom. The maximum absolute atomic E-state index is 6.01. The summed E-state index contributed by atoms with van der Waals surface area (Å²) in [5.74, 6) is 2.60. The fourth-order valence-electron chi connectivity index (χ4n) is 3.45. The Morgan fingerprint density at radius 1 is 0.964 bits per heavy atom. The Kier molecular flexibility index (Phi) is 9.76. The van der Waals surface area contributed by atoms with Crippen molar-refractivity contribution in [1.29, 1.82) is 0 Å². The highest BCUT2D eigenvalue weighted by molar-refractivity contribution is 5.79. The molecule has 0 unspecified atom stereocenters. The molecule has 2 N–H and O–H groups in total. The molecule has 0 bridgehead atoms. The number of nitrogens with zero attached hydrogens (tertiary/aromatic N) is 1. The molecule has 158 valence electrons. The molecule has 28 heavy (non-hydrogen) atoms. The average Bonchev–Trinajstić information content (AvgIpc) is 3.01. The van der Waals surface area contributed by atoms with Gasteiger partial charge in [-0.05, 0) is 30.5 Å². The smallest absolute Gasteiger partial charge is 0.203 e. The van der Waals surface area contributed by atoms with Crippen LogP contribution in [-0.2, 0) is 11.3 Å². The molecular weight excluding hydrogens is 358 g/mol. The second kappa shape index (κ2) is 12.3. The monoisotopic (exact) mass is 393 g/mol. The van der Waals surface area contributed by atoms with Crippen molar-refractivity contribution < 1.29 is 18.9 Å². The molecule has 1 aromatic rings. The molecule has 7 heteroatoms. The van der Waals surface area contributed by atoms with Gasteiger partial charge in [-0.1, -0.05) is 25.7 Å². The number of aliphatic imine (C=N–C) groups is 1. The predicted octanol–water partition coefficient (Wildman–Crippen LogP) is 3.12. The normalized spacial score (nSPS) is 15.6. The molecule has 0 spiro atoms. The van der Waals surface area contributed by atoms with Crippen molar-refractivity contribution in [2.24, 2.45) is 4.99 Å². The molecule has 0 radical (unpaired) electrons. The number of benzene rings is 1. The quantitative estimate of drug-likeness (QED) is 0.291. The molecule has 7 nitrogen and oxygen atoms in total. The van der Waals surface area contributed by atoms with E-state index >= 15 is 0 Å². The van der Waals surface area contributed by atoms with Gasteiger partial charge in [0.25, 0.3) is 0 Å². The van der Waals surface area contributed by atoms with Crippen LogP contribution in [0.25, 0.3) is 0 Å². The average molecular weight is 394 g/mol. The molecule has 0 atom stereocenters. The van der Waals surface area contributed by atoms with Gasteiger partial charge in [0.05, 0.1) is 34.0 Å². The van der Waals surface area contributed by atoms with Gasteiger partial charge in [0, 0.05) is 20.1 Å². The van der Waals surface area contributed by atoms with Crippen molar-refractivity contribution in [3.63, 3.8) is 0 Å². The summed E-state index contributed by atoms with van der Waals surface area (Å²) in [6, 6.07) is 3.85. The summed E-state index contributed by atoms with van der Waals surface area (Å²) < 4.78 is 22.2. The van der Waals surface area contributed by atoms with Crippen LogP contribution in [0.15, 0.2) is 17.1 Å². The molecule has 1 aliphatic rings. The van der Waals surface area contributed by atoms with Crippen LogP contribution in [0.1, 0.15) is 44.1 Å². The summed E-state index contributed by atoms with van der Waals surface area (Å²) in [5.41, 5.74) is 1.01. The molecule has 0 aromatic heterocycles. The summed E-state index contributed by atoms with van der Waals surface area (Å²) in [6.07, 6.45) is 8.05. The van der Waals surface area contributed by atoms with Gasteiger partial charge in [0.15, 0.2) is 17.5 Å². The molecule has 2 rings (SSSR count). The molecule has 1 aliphatic carbocycles. The van der Waals surface area contributed by atoms with Crippen LogP contribution in [0.3, 0.4) is 0 Å². The highest BCUT2D eigenvalue weighted by atomic mass is 16.5. The minimum absolute atomic E-state index is 0.415. The third kappa shape index (κ3) is 6.78. The van der Waals surface area contributed by atoms with E-state index in [4.69, 9.17) is 18.9 Å². The molecular formula is C21H35N3O4. The van der Waals surface area contributed by atoms with Crippen molar-refractivity contribution in [3.8, 4) is 17.2 Å². The Balaban J connectivity index is 1.80. The zero-order valence-electron chi connectivity index (χ0n) is 17.7. The summed E-state index contributed by atoms with van der Waals surface area (Å²) in [5, 5.41) is 6.61. The maximum Gasteiger partial charge on any atom is 0.203 e. The number of methoxy groups -OCH3 is 3. The molecule has 0 heterocycles. The Labute approximate surface area is 168 Å². The lowest BCUT2D eigenvalue weighted by Crippen LogP contribution is -2.38. The van der Waals surface area contributed by atoms with Crippen molar-refractivity contribution >= 4 is 5.96 Å². The summed E-state index contributed by atoms with van der Waals surface area (Å²) in [4.78, 5) is 4.27. The molecule has 0 aliphatic heterocycles. The van der Waals surface area contributed by atoms with Crippen molar-refractivity contribution in [2.45, 2.75) is 51.2 Å². The van der Waals surface area contributed by atoms with Gasteiger partial charge in [0.1, 0.15) is 0 Å². The number of hydrogen-bond donors (Lipinski definition) is 2.